The molecule has 25 heavy (non-hydrogen) atoms. The maximum Gasteiger partial charge on any atom is 0.245 e. The molecule has 1 aromatic carbocycles. The fourth-order valence-corrected chi connectivity index (χ4v) is 6.07. The van der Waals surface area contributed by atoms with Crippen molar-refractivity contribution in [2.45, 2.75) is 17.9 Å². The molecule has 1 saturated heterocycles. The molecule has 3 aromatic rings. The Kier molecular flexibility index (Phi) is 4.83. The van der Waals surface area contributed by atoms with E-state index in [0.717, 1.165) is 37.8 Å². The van der Waals surface area contributed by atoms with E-state index in [1.165, 1.54) is 4.88 Å². The Labute approximate surface area is 155 Å². The Morgan fingerprint density at radius 3 is 2.80 bits per heavy atom. The van der Waals surface area contributed by atoms with E-state index in [1.807, 2.05) is 0 Å². The number of fused-ring (bicyclic) bond motifs is 1. The van der Waals surface area contributed by atoms with Crippen LogP contribution in [0.2, 0.25) is 0 Å². The number of thiophene rings is 1. The van der Waals surface area contributed by atoms with Crippen molar-refractivity contribution < 1.29 is 8.42 Å². The first-order valence-electron chi connectivity index (χ1n) is 8.11. The Bertz CT molecular complexity index is 953. The molecular weight excluding hydrogens is 376 g/mol. The minimum absolute atomic E-state index is 0.269. The molecule has 0 atom stereocenters. The Morgan fingerprint density at radius 2 is 1.96 bits per heavy atom. The summed E-state index contributed by atoms with van der Waals surface area (Å²) in [6.07, 6.45) is 0.829. The number of aromatic nitrogens is 2. The van der Waals surface area contributed by atoms with Gasteiger partial charge in [0, 0.05) is 31.1 Å². The topological polar surface area (TPSA) is 66.4 Å². The summed E-state index contributed by atoms with van der Waals surface area (Å²) >= 11 is 2.79. The van der Waals surface area contributed by atoms with E-state index < -0.39 is 10.0 Å². The van der Waals surface area contributed by atoms with E-state index in [-0.39, 0.29) is 4.90 Å². The van der Waals surface area contributed by atoms with Gasteiger partial charge in [0.1, 0.15) is 15.9 Å². The van der Waals surface area contributed by atoms with Gasteiger partial charge in [-0.15, -0.1) is 11.3 Å². The Hall–Kier alpha value is -1.39. The van der Waals surface area contributed by atoms with Crippen molar-refractivity contribution in [3.8, 4) is 0 Å². The lowest BCUT2D eigenvalue weighted by Crippen LogP contribution is -2.35. The van der Waals surface area contributed by atoms with Gasteiger partial charge in [0.15, 0.2) is 0 Å². The zero-order valence-electron chi connectivity index (χ0n) is 13.5. The fourth-order valence-electron chi connectivity index (χ4n) is 3.10. The quantitative estimate of drug-likeness (QED) is 0.681. The monoisotopic (exact) mass is 394 g/mol. The summed E-state index contributed by atoms with van der Waals surface area (Å²) < 4.78 is 36.2. The number of rotatable bonds is 4. The van der Waals surface area contributed by atoms with Crippen LogP contribution in [0.3, 0.4) is 0 Å². The van der Waals surface area contributed by atoms with Gasteiger partial charge in [-0.05, 0) is 36.5 Å². The predicted octanol–water partition coefficient (Wildman–Crippen LogP) is 2.65. The zero-order chi connectivity index (χ0) is 17.3. The van der Waals surface area contributed by atoms with Crippen LogP contribution in [0.15, 0.2) is 40.6 Å². The van der Waals surface area contributed by atoms with Crippen LogP contribution >= 0.6 is 23.1 Å². The first-order valence-corrected chi connectivity index (χ1v) is 11.2. The second-order valence-corrected chi connectivity index (χ2v) is 9.47. The summed E-state index contributed by atoms with van der Waals surface area (Å²) in [5.74, 6) is 0. The van der Waals surface area contributed by atoms with Gasteiger partial charge < -0.3 is 0 Å². The summed E-state index contributed by atoms with van der Waals surface area (Å²) in [6.45, 7) is 3.57. The highest BCUT2D eigenvalue weighted by molar-refractivity contribution is 7.89. The molecule has 9 heteroatoms. The lowest BCUT2D eigenvalue weighted by molar-refractivity contribution is 0.281. The van der Waals surface area contributed by atoms with Gasteiger partial charge in [0.05, 0.1) is 11.7 Å². The number of hydrogen-bond acceptors (Lipinski definition) is 7. The molecule has 0 saturated carbocycles. The third-order valence-corrected chi connectivity index (χ3v) is 7.71. The van der Waals surface area contributed by atoms with Crippen molar-refractivity contribution in [2.75, 3.05) is 26.2 Å². The van der Waals surface area contributed by atoms with Gasteiger partial charge in [-0.2, -0.15) is 13.1 Å². The average molecular weight is 395 g/mol. The van der Waals surface area contributed by atoms with E-state index in [1.54, 1.807) is 33.8 Å². The fraction of sp³-hybridized carbons (Fsp3) is 0.375. The molecule has 132 valence electrons. The SMILES string of the molecule is O=S(=O)(c1cccc2nsnc12)N1CCCN(Cc2cccs2)CC1. The van der Waals surface area contributed by atoms with Crippen molar-refractivity contribution in [1.82, 2.24) is 18.0 Å². The van der Waals surface area contributed by atoms with E-state index >= 15 is 0 Å². The van der Waals surface area contributed by atoms with Crippen LogP contribution in [0.1, 0.15) is 11.3 Å². The molecule has 1 aliphatic rings. The maximum absolute atomic E-state index is 13.1. The molecule has 0 N–H and O–H groups in total. The van der Waals surface area contributed by atoms with Crippen molar-refractivity contribution >= 4 is 44.1 Å². The summed E-state index contributed by atoms with van der Waals surface area (Å²) in [6, 6.07) is 9.34. The van der Waals surface area contributed by atoms with Crippen LogP contribution in [0.25, 0.3) is 11.0 Å². The van der Waals surface area contributed by atoms with Crippen LogP contribution in [-0.2, 0) is 16.6 Å². The van der Waals surface area contributed by atoms with Crippen molar-refractivity contribution in [3.63, 3.8) is 0 Å². The molecule has 6 nitrogen and oxygen atoms in total. The van der Waals surface area contributed by atoms with E-state index in [9.17, 15) is 8.42 Å². The van der Waals surface area contributed by atoms with Crippen LogP contribution in [0.5, 0.6) is 0 Å². The molecule has 3 heterocycles. The summed E-state index contributed by atoms with van der Waals surface area (Å²) in [7, 11) is -3.55. The minimum atomic E-state index is -3.55. The first-order chi connectivity index (χ1) is 12.1. The molecule has 2 aromatic heterocycles. The smallest absolute Gasteiger partial charge is 0.245 e. The number of benzene rings is 1. The molecule has 1 aliphatic heterocycles. The van der Waals surface area contributed by atoms with Gasteiger partial charge >= 0.3 is 0 Å². The lowest BCUT2D eigenvalue weighted by atomic mass is 10.3. The van der Waals surface area contributed by atoms with Gasteiger partial charge in [-0.1, -0.05) is 12.1 Å². The first kappa shape index (κ1) is 17.0. The van der Waals surface area contributed by atoms with E-state index in [0.29, 0.717) is 24.1 Å². The zero-order valence-corrected chi connectivity index (χ0v) is 16.0. The highest BCUT2D eigenvalue weighted by Gasteiger charge is 2.29. The van der Waals surface area contributed by atoms with E-state index in [2.05, 4.69) is 31.2 Å². The molecule has 0 amide bonds. The van der Waals surface area contributed by atoms with Crippen molar-refractivity contribution in [2.24, 2.45) is 0 Å². The number of nitrogens with zero attached hydrogens (tertiary/aromatic N) is 4. The van der Waals surface area contributed by atoms with Gasteiger partial charge in [-0.3, -0.25) is 4.90 Å². The molecule has 1 fully saturated rings. The summed E-state index contributed by atoms with van der Waals surface area (Å²) in [5, 5.41) is 2.08. The normalized spacial score (nSPS) is 17.8. The third-order valence-electron chi connectivity index (χ3n) is 4.37. The molecule has 0 bridgehead atoms. The number of sulfonamides is 1. The standard InChI is InChI=1S/C16H18N4O2S3/c21-25(22,15-6-1-5-14-16(15)18-24-17-14)20-8-3-7-19(9-10-20)12-13-4-2-11-23-13/h1-2,4-6,11H,3,7-10,12H2. The highest BCUT2D eigenvalue weighted by Crippen LogP contribution is 2.25. The van der Waals surface area contributed by atoms with Gasteiger partial charge in [0.2, 0.25) is 10.0 Å². The molecule has 4 rings (SSSR count). The second-order valence-electron chi connectivity index (χ2n) is 6.00. The molecule has 0 radical (unpaired) electrons. The van der Waals surface area contributed by atoms with Gasteiger partial charge in [-0.25, -0.2) is 8.42 Å². The predicted molar refractivity (Wildman–Crippen MR) is 100 cm³/mol. The molecule has 0 unspecified atom stereocenters. The lowest BCUT2D eigenvalue weighted by Gasteiger charge is -2.21. The third kappa shape index (κ3) is 3.47. The second kappa shape index (κ2) is 7.08. The molecular formula is C16H18N4O2S3. The van der Waals surface area contributed by atoms with Crippen molar-refractivity contribution in [1.29, 1.82) is 0 Å². The van der Waals surface area contributed by atoms with Crippen molar-refractivity contribution in [3.05, 3.63) is 40.6 Å². The summed E-state index contributed by atoms with van der Waals surface area (Å²) in [4.78, 5) is 3.91. The maximum atomic E-state index is 13.1. The largest absolute Gasteiger partial charge is 0.297 e. The van der Waals surface area contributed by atoms with Crippen LogP contribution in [-0.4, -0.2) is 52.5 Å². The van der Waals surface area contributed by atoms with E-state index in [4.69, 9.17) is 0 Å². The number of hydrogen-bond donors (Lipinski definition) is 0. The highest BCUT2D eigenvalue weighted by atomic mass is 32.2. The minimum Gasteiger partial charge on any atom is -0.297 e. The van der Waals surface area contributed by atoms with Crippen LogP contribution < -0.4 is 0 Å². The molecule has 0 aliphatic carbocycles. The van der Waals surface area contributed by atoms with Crippen LogP contribution in [0.4, 0.5) is 0 Å². The Balaban J connectivity index is 1.54. The van der Waals surface area contributed by atoms with Crippen LogP contribution in [0, 0.1) is 0 Å². The van der Waals surface area contributed by atoms with Gasteiger partial charge in [0.25, 0.3) is 0 Å². The average Bonchev–Trinajstić information content (AvgIpc) is 3.22. The summed E-state index contributed by atoms with van der Waals surface area (Å²) in [5.41, 5.74) is 1.12. The molecule has 0 spiro atoms. The Morgan fingerprint density at radius 1 is 1.04 bits per heavy atom.